The van der Waals surface area contributed by atoms with Crippen molar-refractivity contribution in [2.75, 3.05) is 14.2 Å². The van der Waals surface area contributed by atoms with Gasteiger partial charge < -0.3 is 14.6 Å². The van der Waals surface area contributed by atoms with E-state index in [0.29, 0.717) is 17.2 Å². The summed E-state index contributed by atoms with van der Waals surface area (Å²) in [4.78, 5) is 0. The van der Waals surface area contributed by atoms with E-state index in [1.165, 1.54) is 0 Å². The molecule has 22 heavy (non-hydrogen) atoms. The number of hydrogen-bond acceptors (Lipinski definition) is 5. The molecular formula is C17H16N2O3. The minimum Gasteiger partial charge on any atom is -0.496 e. The van der Waals surface area contributed by atoms with Crippen molar-refractivity contribution in [2.45, 2.75) is 6.61 Å². The van der Waals surface area contributed by atoms with E-state index in [-0.39, 0.29) is 6.61 Å². The van der Waals surface area contributed by atoms with Crippen molar-refractivity contribution in [3.05, 3.63) is 48.0 Å². The van der Waals surface area contributed by atoms with Gasteiger partial charge in [0.05, 0.1) is 20.8 Å². The Morgan fingerprint density at radius 1 is 0.955 bits per heavy atom. The Labute approximate surface area is 128 Å². The number of nitrogens with zero attached hydrogens (tertiary/aromatic N) is 2. The number of methoxy groups -OCH3 is 2. The van der Waals surface area contributed by atoms with Crippen molar-refractivity contribution in [1.82, 2.24) is 10.2 Å². The van der Waals surface area contributed by atoms with E-state index in [0.717, 1.165) is 22.0 Å². The van der Waals surface area contributed by atoms with Crippen molar-refractivity contribution < 1.29 is 14.6 Å². The van der Waals surface area contributed by atoms with Crippen LogP contribution >= 0.6 is 0 Å². The van der Waals surface area contributed by atoms with Crippen LogP contribution in [-0.2, 0) is 6.61 Å². The van der Waals surface area contributed by atoms with Gasteiger partial charge in [0.25, 0.3) is 0 Å². The van der Waals surface area contributed by atoms with Gasteiger partial charge in [-0.2, -0.15) is 0 Å². The Kier molecular flexibility index (Phi) is 3.89. The summed E-state index contributed by atoms with van der Waals surface area (Å²) in [5.74, 6) is 1.15. The largest absolute Gasteiger partial charge is 0.496 e. The number of ether oxygens (including phenoxy) is 2. The van der Waals surface area contributed by atoms with Gasteiger partial charge >= 0.3 is 0 Å². The van der Waals surface area contributed by atoms with Gasteiger partial charge in [-0.1, -0.05) is 18.2 Å². The summed E-state index contributed by atoms with van der Waals surface area (Å²) in [5.41, 5.74) is 2.33. The van der Waals surface area contributed by atoms with Crippen LogP contribution in [0.2, 0.25) is 0 Å². The molecule has 0 unspecified atom stereocenters. The van der Waals surface area contributed by atoms with Crippen LogP contribution in [0.4, 0.5) is 0 Å². The summed E-state index contributed by atoms with van der Waals surface area (Å²) >= 11 is 0. The number of rotatable bonds is 4. The molecule has 0 bridgehead atoms. The second-order valence-corrected chi connectivity index (χ2v) is 4.79. The molecule has 3 aromatic rings. The molecule has 1 heterocycles. The fraction of sp³-hybridized carbons (Fsp3) is 0.176. The fourth-order valence-electron chi connectivity index (χ4n) is 2.49. The summed E-state index contributed by atoms with van der Waals surface area (Å²) in [6.45, 7) is -0.0987. The SMILES string of the molecule is COc1ccc(-c2nnc(OC)c3ccccc23)cc1CO. The summed E-state index contributed by atoms with van der Waals surface area (Å²) in [7, 11) is 3.16. The number of aliphatic hydroxyl groups excluding tert-OH is 1. The molecule has 1 N–H and O–H groups in total. The van der Waals surface area contributed by atoms with E-state index in [4.69, 9.17) is 9.47 Å². The van der Waals surface area contributed by atoms with E-state index in [9.17, 15) is 5.11 Å². The van der Waals surface area contributed by atoms with Gasteiger partial charge in [0.2, 0.25) is 5.88 Å². The topological polar surface area (TPSA) is 64.5 Å². The Morgan fingerprint density at radius 2 is 1.73 bits per heavy atom. The van der Waals surface area contributed by atoms with Crippen LogP contribution in [0, 0.1) is 0 Å². The molecule has 0 aliphatic rings. The smallest absolute Gasteiger partial charge is 0.241 e. The Bertz CT molecular complexity index is 818. The van der Waals surface area contributed by atoms with E-state index in [1.54, 1.807) is 14.2 Å². The highest BCUT2D eigenvalue weighted by Crippen LogP contribution is 2.32. The van der Waals surface area contributed by atoms with E-state index < -0.39 is 0 Å². The van der Waals surface area contributed by atoms with Crippen molar-refractivity contribution in [1.29, 1.82) is 0 Å². The van der Waals surface area contributed by atoms with Gasteiger partial charge in [-0.05, 0) is 24.3 Å². The second kappa shape index (κ2) is 5.99. The first-order valence-electron chi connectivity index (χ1n) is 6.86. The zero-order chi connectivity index (χ0) is 15.5. The molecule has 2 aromatic carbocycles. The molecule has 0 amide bonds. The van der Waals surface area contributed by atoms with Crippen molar-refractivity contribution in [3.8, 4) is 22.9 Å². The predicted molar refractivity (Wildman–Crippen MR) is 84.0 cm³/mol. The lowest BCUT2D eigenvalue weighted by Gasteiger charge is -2.11. The molecule has 0 saturated heterocycles. The maximum Gasteiger partial charge on any atom is 0.241 e. The first-order chi connectivity index (χ1) is 10.8. The third kappa shape index (κ3) is 2.35. The highest BCUT2D eigenvalue weighted by molar-refractivity contribution is 5.97. The first-order valence-corrected chi connectivity index (χ1v) is 6.86. The standard InChI is InChI=1S/C17H16N2O3/c1-21-15-8-7-11(9-12(15)10-20)16-13-5-3-4-6-14(13)17(22-2)19-18-16/h3-9,20H,10H2,1-2H3. The highest BCUT2D eigenvalue weighted by Gasteiger charge is 2.12. The zero-order valence-corrected chi connectivity index (χ0v) is 12.4. The van der Waals surface area contributed by atoms with E-state index in [2.05, 4.69) is 10.2 Å². The lowest BCUT2D eigenvalue weighted by atomic mass is 10.0. The number of fused-ring (bicyclic) bond motifs is 1. The second-order valence-electron chi connectivity index (χ2n) is 4.79. The van der Waals surface area contributed by atoms with Crippen LogP contribution in [0.5, 0.6) is 11.6 Å². The molecule has 0 radical (unpaired) electrons. The molecule has 5 heteroatoms. The molecule has 3 rings (SSSR count). The normalized spacial score (nSPS) is 10.7. The van der Waals surface area contributed by atoms with Crippen LogP contribution in [0.1, 0.15) is 5.56 Å². The third-order valence-electron chi connectivity index (χ3n) is 3.57. The summed E-state index contributed by atoms with van der Waals surface area (Å²) in [6, 6.07) is 13.4. The van der Waals surface area contributed by atoms with E-state index >= 15 is 0 Å². The maximum absolute atomic E-state index is 9.48. The van der Waals surface area contributed by atoms with E-state index in [1.807, 2.05) is 42.5 Å². The maximum atomic E-state index is 9.48. The number of benzene rings is 2. The number of aromatic nitrogens is 2. The molecule has 0 aliphatic carbocycles. The summed E-state index contributed by atoms with van der Waals surface area (Å²) < 4.78 is 10.5. The van der Waals surface area contributed by atoms with Crippen LogP contribution in [0.3, 0.4) is 0 Å². The molecule has 0 saturated carbocycles. The molecule has 5 nitrogen and oxygen atoms in total. The Balaban J connectivity index is 2.23. The van der Waals surface area contributed by atoms with Crippen molar-refractivity contribution in [3.63, 3.8) is 0 Å². The van der Waals surface area contributed by atoms with Gasteiger partial charge in [-0.25, -0.2) is 0 Å². The molecule has 0 aliphatic heterocycles. The molecule has 112 valence electrons. The average molecular weight is 296 g/mol. The van der Waals surface area contributed by atoms with Crippen LogP contribution in [-0.4, -0.2) is 29.5 Å². The Hall–Kier alpha value is -2.66. The zero-order valence-electron chi connectivity index (χ0n) is 12.4. The van der Waals surface area contributed by atoms with Gasteiger partial charge in [-0.15, -0.1) is 10.2 Å². The monoisotopic (exact) mass is 296 g/mol. The molecule has 0 fully saturated rings. The quantitative estimate of drug-likeness (QED) is 0.802. The molecule has 0 spiro atoms. The Morgan fingerprint density at radius 3 is 2.41 bits per heavy atom. The van der Waals surface area contributed by atoms with Crippen LogP contribution in [0.15, 0.2) is 42.5 Å². The third-order valence-corrected chi connectivity index (χ3v) is 3.57. The minimum atomic E-state index is -0.0987. The average Bonchev–Trinajstić information content (AvgIpc) is 2.60. The van der Waals surface area contributed by atoms with Crippen molar-refractivity contribution >= 4 is 10.8 Å². The molecule has 1 aromatic heterocycles. The van der Waals surface area contributed by atoms with Gasteiger partial charge in [0.15, 0.2) is 0 Å². The van der Waals surface area contributed by atoms with Crippen LogP contribution < -0.4 is 9.47 Å². The summed E-state index contributed by atoms with van der Waals surface area (Å²) in [6.07, 6.45) is 0. The van der Waals surface area contributed by atoms with Crippen LogP contribution in [0.25, 0.3) is 22.0 Å². The lowest BCUT2D eigenvalue weighted by Crippen LogP contribution is -1.97. The number of aliphatic hydroxyl groups is 1. The summed E-state index contributed by atoms with van der Waals surface area (Å²) in [5, 5.41) is 19.7. The first kappa shape index (κ1) is 14.3. The molecular weight excluding hydrogens is 280 g/mol. The predicted octanol–water partition coefficient (Wildman–Crippen LogP) is 2.81. The van der Waals surface area contributed by atoms with Crippen molar-refractivity contribution in [2.24, 2.45) is 0 Å². The lowest BCUT2D eigenvalue weighted by molar-refractivity contribution is 0.274. The highest BCUT2D eigenvalue weighted by atomic mass is 16.5. The molecule has 0 atom stereocenters. The van der Waals surface area contributed by atoms with Gasteiger partial charge in [0.1, 0.15) is 11.4 Å². The number of hydrogen-bond donors (Lipinski definition) is 1. The fourth-order valence-corrected chi connectivity index (χ4v) is 2.49. The van der Waals surface area contributed by atoms with Gasteiger partial charge in [0, 0.05) is 21.9 Å². The minimum absolute atomic E-state index is 0.0987. The van der Waals surface area contributed by atoms with Gasteiger partial charge in [-0.3, -0.25) is 0 Å².